The molecule has 0 radical (unpaired) electrons. The van der Waals surface area contributed by atoms with Gasteiger partial charge >= 0.3 is 13.7 Å². The molecular weight excluding hydrogens is 503 g/mol. The van der Waals surface area contributed by atoms with Gasteiger partial charge in [-0.15, -0.1) is 0 Å². The fourth-order valence-corrected chi connectivity index (χ4v) is 4.49. The van der Waals surface area contributed by atoms with Gasteiger partial charge in [0.1, 0.15) is 17.5 Å². The van der Waals surface area contributed by atoms with Crippen molar-refractivity contribution in [3.05, 3.63) is 99.0 Å². The number of aliphatic carboxylic acids is 1. The summed E-state index contributed by atoms with van der Waals surface area (Å²) in [6.07, 6.45) is 0.0213. The number of hydrogen-bond donors (Lipinski definition) is 2. The number of carboxylic acids is 1. The predicted octanol–water partition coefficient (Wildman–Crippen LogP) is 5.21. The Morgan fingerprint density at radius 2 is 1.53 bits per heavy atom. The van der Waals surface area contributed by atoms with E-state index < -0.39 is 24.7 Å². The number of hydrogen-bond acceptors (Lipinski definition) is 6. The Hall–Kier alpha value is -3.20. The minimum absolute atomic E-state index is 0.00685. The maximum Gasteiger partial charge on any atom is 0.513 e. The van der Waals surface area contributed by atoms with Gasteiger partial charge in [-0.05, 0) is 48.4 Å². The average Bonchev–Trinajstić information content (AvgIpc) is 2.76. The van der Waals surface area contributed by atoms with Crippen molar-refractivity contribution in [2.75, 3.05) is 0 Å². The van der Waals surface area contributed by atoms with Crippen molar-refractivity contribution in [3.8, 4) is 11.5 Å². The zero-order valence-electron chi connectivity index (χ0n) is 16.5. The molecule has 0 bridgehead atoms. The summed E-state index contributed by atoms with van der Waals surface area (Å²) >= 11 is 3.29. The molecule has 0 aliphatic carbocycles. The van der Waals surface area contributed by atoms with Gasteiger partial charge in [0.2, 0.25) is 0 Å². The number of nitro benzene ring substituents is 1. The maximum atomic E-state index is 13.6. The maximum absolute atomic E-state index is 13.6. The Labute approximate surface area is 191 Å². The molecule has 0 aromatic heterocycles. The minimum atomic E-state index is -4.28. The van der Waals surface area contributed by atoms with Crippen LogP contribution in [0.1, 0.15) is 5.56 Å². The molecule has 0 amide bonds. The van der Waals surface area contributed by atoms with Crippen LogP contribution in [0, 0.1) is 10.1 Å². The summed E-state index contributed by atoms with van der Waals surface area (Å²) < 4.78 is 25.4. The number of nitro groups is 1. The highest BCUT2D eigenvalue weighted by atomic mass is 79.9. The third-order valence-corrected chi connectivity index (χ3v) is 6.27. The smallest absolute Gasteiger partial charge is 0.480 e. The van der Waals surface area contributed by atoms with Crippen LogP contribution < -0.4 is 14.1 Å². The number of rotatable bonds is 10. The van der Waals surface area contributed by atoms with E-state index in [-0.39, 0.29) is 23.6 Å². The van der Waals surface area contributed by atoms with Gasteiger partial charge in [0.05, 0.1) is 4.92 Å². The average molecular weight is 521 g/mol. The molecule has 2 atom stereocenters. The highest BCUT2D eigenvalue weighted by molar-refractivity contribution is 9.10. The second-order valence-electron chi connectivity index (χ2n) is 6.59. The monoisotopic (exact) mass is 520 g/mol. The molecular formula is C21H18BrN2O7P. The first-order valence-corrected chi connectivity index (χ1v) is 11.6. The van der Waals surface area contributed by atoms with Crippen molar-refractivity contribution in [1.82, 2.24) is 5.09 Å². The summed E-state index contributed by atoms with van der Waals surface area (Å²) in [5.74, 6) is -1.07. The second-order valence-corrected chi connectivity index (χ2v) is 9.13. The third-order valence-electron chi connectivity index (χ3n) is 4.21. The lowest BCUT2D eigenvalue weighted by Crippen LogP contribution is -2.38. The Morgan fingerprint density at radius 3 is 2.03 bits per heavy atom. The first-order chi connectivity index (χ1) is 15.2. The number of halogens is 1. The zero-order chi connectivity index (χ0) is 23.1. The Balaban J connectivity index is 1.88. The molecule has 0 aliphatic heterocycles. The van der Waals surface area contributed by atoms with E-state index in [1.807, 2.05) is 0 Å². The lowest BCUT2D eigenvalue weighted by molar-refractivity contribution is -0.384. The van der Waals surface area contributed by atoms with Crippen LogP contribution in [-0.4, -0.2) is 22.0 Å². The Bertz CT molecular complexity index is 1130. The quantitative estimate of drug-likeness (QED) is 0.212. The molecule has 32 heavy (non-hydrogen) atoms. The van der Waals surface area contributed by atoms with Crippen LogP contribution in [0.3, 0.4) is 0 Å². The lowest BCUT2D eigenvalue weighted by atomic mass is 10.1. The molecule has 0 saturated carbocycles. The molecule has 0 saturated heterocycles. The number of nitrogens with zero attached hydrogens (tertiary/aromatic N) is 1. The molecule has 3 rings (SSSR count). The summed E-state index contributed by atoms with van der Waals surface area (Å²) in [7, 11) is -4.28. The van der Waals surface area contributed by atoms with Crippen molar-refractivity contribution >= 4 is 35.3 Å². The highest BCUT2D eigenvalue weighted by Gasteiger charge is 2.35. The number of benzene rings is 3. The van der Waals surface area contributed by atoms with Gasteiger partial charge in [-0.2, -0.15) is 5.09 Å². The first kappa shape index (κ1) is 23.5. The second kappa shape index (κ2) is 10.4. The van der Waals surface area contributed by atoms with Gasteiger partial charge in [0.25, 0.3) is 5.69 Å². The van der Waals surface area contributed by atoms with Crippen molar-refractivity contribution in [1.29, 1.82) is 0 Å². The van der Waals surface area contributed by atoms with Gasteiger partial charge in [0, 0.05) is 16.6 Å². The van der Waals surface area contributed by atoms with Gasteiger partial charge in [-0.3, -0.25) is 14.9 Å². The predicted molar refractivity (Wildman–Crippen MR) is 121 cm³/mol. The van der Waals surface area contributed by atoms with E-state index in [0.29, 0.717) is 5.56 Å². The molecule has 2 N–H and O–H groups in total. The van der Waals surface area contributed by atoms with Crippen LogP contribution in [-0.2, 0) is 15.8 Å². The Kier molecular flexibility index (Phi) is 7.63. The van der Waals surface area contributed by atoms with E-state index >= 15 is 0 Å². The number of non-ortho nitro benzene ring substituents is 1. The van der Waals surface area contributed by atoms with Crippen LogP contribution in [0.25, 0.3) is 0 Å². The van der Waals surface area contributed by atoms with Crippen molar-refractivity contribution < 1.29 is 28.4 Å². The van der Waals surface area contributed by atoms with Crippen LogP contribution in [0.15, 0.2) is 83.3 Å². The van der Waals surface area contributed by atoms with Crippen LogP contribution >= 0.6 is 23.7 Å². The molecule has 0 aliphatic rings. The summed E-state index contributed by atoms with van der Waals surface area (Å²) in [5, 5.41) is 23.0. The summed E-state index contributed by atoms with van der Waals surface area (Å²) in [6.45, 7) is 0. The molecule has 0 spiro atoms. The fraction of sp³-hybridized carbons (Fsp3) is 0.0952. The number of carboxylic acid groups (broad SMARTS) is 1. The van der Waals surface area contributed by atoms with E-state index in [0.717, 1.165) is 4.47 Å². The van der Waals surface area contributed by atoms with E-state index in [4.69, 9.17) is 9.05 Å². The largest absolute Gasteiger partial charge is 0.513 e. The molecule has 2 unspecified atom stereocenters. The SMILES string of the molecule is O=C(O)C(Cc1ccccc1)NP(=O)(Oc1ccc(Br)cc1)Oc1ccc([N+](=O)[O-])cc1. The molecule has 9 nitrogen and oxygen atoms in total. The molecule has 3 aromatic carbocycles. The normalized spacial score (nSPS) is 13.5. The third kappa shape index (κ3) is 6.65. The van der Waals surface area contributed by atoms with E-state index in [1.165, 1.54) is 36.4 Å². The topological polar surface area (TPSA) is 128 Å². The Morgan fingerprint density at radius 1 is 1.00 bits per heavy atom. The first-order valence-electron chi connectivity index (χ1n) is 9.28. The van der Waals surface area contributed by atoms with Crippen molar-refractivity contribution in [2.24, 2.45) is 0 Å². The van der Waals surface area contributed by atoms with Crippen LogP contribution in [0.2, 0.25) is 0 Å². The van der Waals surface area contributed by atoms with Gasteiger partial charge in [-0.25, -0.2) is 4.57 Å². The summed E-state index contributed by atoms with van der Waals surface area (Å²) in [4.78, 5) is 22.2. The highest BCUT2D eigenvalue weighted by Crippen LogP contribution is 2.46. The summed E-state index contributed by atoms with van der Waals surface area (Å²) in [5.41, 5.74) is 0.527. The number of nitrogens with one attached hydrogen (secondary N) is 1. The molecule has 166 valence electrons. The standard InChI is InChI=1S/C21H18BrN2O7P/c22-16-6-10-18(11-7-16)30-32(29,31-19-12-8-17(9-13-19)24(27)28)23-20(21(25)26)14-15-4-2-1-3-5-15/h1-13,20H,14H2,(H,23,29)(H,25,26). The number of carbonyl (C=O) groups is 1. The van der Waals surface area contributed by atoms with Crippen LogP contribution in [0.5, 0.6) is 11.5 Å². The summed E-state index contributed by atoms with van der Waals surface area (Å²) in [6, 6.07) is 18.8. The van der Waals surface area contributed by atoms with Gasteiger partial charge in [-0.1, -0.05) is 46.3 Å². The van der Waals surface area contributed by atoms with E-state index in [2.05, 4.69) is 21.0 Å². The zero-order valence-corrected chi connectivity index (χ0v) is 18.9. The van der Waals surface area contributed by atoms with Crippen molar-refractivity contribution in [3.63, 3.8) is 0 Å². The van der Waals surface area contributed by atoms with Crippen molar-refractivity contribution in [2.45, 2.75) is 12.5 Å². The van der Waals surface area contributed by atoms with Gasteiger partial charge in [0.15, 0.2) is 0 Å². The fourth-order valence-electron chi connectivity index (χ4n) is 2.70. The molecule has 0 heterocycles. The van der Waals surface area contributed by atoms with Crippen LogP contribution in [0.4, 0.5) is 5.69 Å². The van der Waals surface area contributed by atoms with E-state index in [1.54, 1.807) is 42.5 Å². The lowest BCUT2D eigenvalue weighted by Gasteiger charge is -2.24. The minimum Gasteiger partial charge on any atom is -0.480 e. The molecule has 11 heteroatoms. The molecule has 3 aromatic rings. The van der Waals surface area contributed by atoms with Gasteiger partial charge < -0.3 is 14.2 Å². The molecule has 0 fully saturated rings. The van der Waals surface area contributed by atoms with E-state index in [9.17, 15) is 24.6 Å².